The number of hydrogen-bond donors (Lipinski definition) is 1. The van der Waals surface area contributed by atoms with Crippen LogP contribution in [-0.2, 0) is 0 Å². The number of aromatic nitrogens is 4. The molecule has 2 aliphatic heterocycles. The minimum atomic E-state index is -0.636. The maximum Gasteiger partial charge on any atom is 0.225 e. The third kappa shape index (κ3) is 5.04. The summed E-state index contributed by atoms with van der Waals surface area (Å²) in [6.45, 7) is 3.76. The number of ether oxygens (including phenoxy) is 1. The van der Waals surface area contributed by atoms with Crippen molar-refractivity contribution in [2.24, 2.45) is 0 Å². The lowest BCUT2D eigenvalue weighted by molar-refractivity contribution is 0.119. The summed E-state index contributed by atoms with van der Waals surface area (Å²) in [7, 11) is 2.09. The van der Waals surface area contributed by atoms with Crippen LogP contribution in [0, 0.1) is 28.5 Å². The fourth-order valence-corrected chi connectivity index (χ4v) is 7.48. The molecule has 2 aromatic carbocycles. The Morgan fingerprint density at radius 2 is 2.09 bits per heavy atom. The van der Waals surface area contributed by atoms with Crippen molar-refractivity contribution in [1.82, 2.24) is 30.0 Å². The number of likely N-dealkylation sites (tertiary alicyclic amines) is 1. The van der Waals surface area contributed by atoms with E-state index in [0.29, 0.717) is 46.0 Å². The highest BCUT2D eigenvalue weighted by Gasteiger charge is 2.32. The molecule has 4 atom stereocenters. The number of piperidine rings is 1. The van der Waals surface area contributed by atoms with Gasteiger partial charge in [-0.1, -0.05) is 23.7 Å². The first kappa shape index (κ1) is 29.4. The van der Waals surface area contributed by atoms with Crippen molar-refractivity contribution in [2.45, 2.75) is 63.3 Å². The van der Waals surface area contributed by atoms with E-state index in [9.17, 15) is 10.5 Å². The predicted octanol–water partition coefficient (Wildman–Crippen LogP) is 6.53. The van der Waals surface area contributed by atoms with Crippen LogP contribution in [0.25, 0.3) is 43.8 Å². The third-order valence-corrected chi connectivity index (χ3v) is 9.70. The molecule has 2 saturated heterocycles. The number of benzene rings is 2. The minimum absolute atomic E-state index is 0.0154. The number of rotatable bonds is 6. The van der Waals surface area contributed by atoms with Crippen molar-refractivity contribution in [1.29, 1.82) is 10.5 Å². The van der Waals surface area contributed by atoms with Crippen molar-refractivity contribution >= 4 is 44.2 Å². The highest BCUT2D eigenvalue weighted by molar-refractivity contribution is 6.35. The number of pyridine rings is 2. The van der Waals surface area contributed by atoms with Crippen LogP contribution in [0.2, 0.25) is 5.02 Å². The molecule has 5 heterocycles. The van der Waals surface area contributed by atoms with Gasteiger partial charge in [0.1, 0.15) is 11.6 Å². The van der Waals surface area contributed by atoms with Gasteiger partial charge in [-0.3, -0.25) is 14.6 Å². The third-order valence-electron chi connectivity index (χ3n) is 9.40. The number of nitrogens with one attached hydrogen (secondary N) is 1. The van der Waals surface area contributed by atoms with Crippen LogP contribution in [0.15, 0.2) is 42.7 Å². The molecule has 1 unspecified atom stereocenters. The molecule has 0 amide bonds. The van der Waals surface area contributed by atoms with Gasteiger partial charge in [-0.15, -0.1) is 0 Å². The molecule has 7 rings (SSSR count). The van der Waals surface area contributed by atoms with Crippen molar-refractivity contribution in [2.75, 3.05) is 20.1 Å². The lowest BCUT2D eigenvalue weighted by Gasteiger charge is -2.30. The number of nitrogens with zero attached hydrogens (tertiary/aromatic N) is 7. The molecular formula is C34H32ClFN8O. The Labute approximate surface area is 265 Å². The first-order valence-electron chi connectivity index (χ1n) is 15.3. The van der Waals surface area contributed by atoms with Gasteiger partial charge in [0.2, 0.25) is 5.88 Å². The monoisotopic (exact) mass is 622 g/mol. The van der Waals surface area contributed by atoms with E-state index in [2.05, 4.69) is 34.4 Å². The number of fused-ring (bicyclic) bond motifs is 4. The second-order valence-corrected chi connectivity index (χ2v) is 12.5. The summed E-state index contributed by atoms with van der Waals surface area (Å²) in [5, 5.41) is 30.1. The average Bonchev–Trinajstić information content (AvgIpc) is 3.69. The zero-order valence-corrected chi connectivity index (χ0v) is 25.9. The van der Waals surface area contributed by atoms with E-state index in [0.717, 1.165) is 37.7 Å². The Hall–Kier alpha value is -4.35. The van der Waals surface area contributed by atoms with E-state index in [4.69, 9.17) is 26.4 Å². The molecule has 1 N–H and O–H groups in total. The van der Waals surface area contributed by atoms with Crippen LogP contribution in [0.3, 0.4) is 0 Å². The first-order valence-corrected chi connectivity index (χ1v) is 15.7. The SMILES string of the molecule is C[C@H](Oc1nc2c(F)c(-c3nccc4cccc(C#N)c34)c(Cl)cc2c2c1cnn2[C@H]1CCN[C@H](CC#N)C1)C1CCCN1C. The number of likely N-dealkylation sites (N-methyl/N-ethyl adjacent to an activating group) is 1. The van der Waals surface area contributed by atoms with Crippen molar-refractivity contribution in [3.05, 3.63) is 59.1 Å². The molecule has 2 aliphatic rings. The highest BCUT2D eigenvalue weighted by Crippen LogP contribution is 2.43. The summed E-state index contributed by atoms with van der Waals surface area (Å²) >= 11 is 6.93. The Morgan fingerprint density at radius 1 is 1.22 bits per heavy atom. The van der Waals surface area contributed by atoms with E-state index < -0.39 is 5.82 Å². The van der Waals surface area contributed by atoms with Crippen LogP contribution in [0.4, 0.5) is 4.39 Å². The second-order valence-electron chi connectivity index (χ2n) is 12.1. The van der Waals surface area contributed by atoms with Crippen LogP contribution in [0.1, 0.15) is 50.6 Å². The standard InChI is InChI=1S/C34H32ClFN8O/c1-19(27-7-4-14-43(27)2)45-34-25-18-41-44(23-10-13-39-22(15-23)8-11-37)33(25)24-16-26(35)29(30(36)31(24)42-34)32-28-20(9-12-40-32)5-3-6-21(28)17-38/h3,5-6,9,12,16,18-19,22-23,27,39H,4,7-8,10,13-15H2,1-2H3/t19-,22+,23-,27?/m0/s1. The molecule has 0 spiro atoms. The fraction of sp³-hybridized carbons (Fsp3) is 0.382. The molecule has 45 heavy (non-hydrogen) atoms. The van der Waals surface area contributed by atoms with Gasteiger partial charge in [0.15, 0.2) is 5.82 Å². The van der Waals surface area contributed by atoms with Gasteiger partial charge in [-0.25, -0.2) is 9.37 Å². The van der Waals surface area contributed by atoms with Crippen LogP contribution in [-0.4, -0.2) is 63.0 Å². The molecule has 11 heteroatoms. The summed E-state index contributed by atoms with van der Waals surface area (Å²) in [5.74, 6) is -0.321. The lowest BCUT2D eigenvalue weighted by Crippen LogP contribution is -2.38. The molecule has 0 saturated carbocycles. The molecule has 9 nitrogen and oxygen atoms in total. The summed E-state index contributed by atoms with van der Waals surface area (Å²) in [5.41, 5.74) is 1.54. The predicted molar refractivity (Wildman–Crippen MR) is 171 cm³/mol. The largest absolute Gasteiger partial charge is 0.472 e. The Kier molecular flexibility index (Phi) is 7.74. The van der Waals surface area contributed by atoms with E-state index in [1.54, 1.807) is 36.7 Å². The lowest BCUT2D eigenvalue weighted by atomic mass is 9.96. The normalized spacial score (nSPS) is 21.2. The fourth-order valence-electron chi connectivity index (χ4n) is 7.20. The van der Waals surface area contributed by atoms with Crippen molar-refractivity contribution < 1.29 is 9.13 Å². The van der Waals surface area contributed by atoms with Gasteiger partial charge in [0.25, 0.3) is 0 Å². The molecule has 0 radical (unpaired) electrons. The molecule has 0 aliphatic carbocycles. The Morgan fingerprint density at radius 3 is 2.87 bits per heavy atom. The van der Waals surface area contributed by atoms with Crippen LogP contribution in [0.5, 0.6) is 5.88 Å². The van der Waals surface area contributed by atoms with Gasteiger partial charge in [0, 0.05) is 29.1 Å². The average molecular weight is 623 g/mol. The summed E-state index contributed by atoms with van der Waals surface area (Å²) in [6, 6.07) is 13.6. The number of halogens is 2. The van der Waals surface area contributed by atoms with Crippen molar-refractivity contribution in [3.63, 3.8) is 0 Å². The quantitative estimate of drug-likeness (QED) is 0.227. The van der Waals surface area contributed by atoms with Crippen LogP contribution >= 0.6 is 11.6 Å². The highest BCUT2D eigenvalue weighted by atomic mass is 35.5. The van der Waals surface area contributed by atoms with Crippen LogP contribution < -0.4 is 10.1 Å². The summed E-state index contributed by atoms with van der Waals surface area (Å²) in [6.07, 6.45) is 7.14. The van der Waals surface area contributed by atoms with E-state index in [1.165, 1.54) is 0 Å². The Balaban J connectivity index is 1.46. The molecule has 0 bridgehead atoms. The Bertz CT molecular complexity index is 2030. The molecule has 2 fully saturated rings. The summed E-state index contributed by atoms with van der Waals surface area (Å²) < 4.78 is 25.5. The first-order chi connectivity index (χ1) is 21.9. The molecule has 5 aromatic rings. The van der Waals surface area contributed by atoms with Gasteiger partial charge in [0.05, 0.1) is 63.5 Å². The number of hydrogen-bond acceptors (Lipinski definition) is 8. The molecule has 3 aromatic heterocycles. The number of nitriles is 2. The van der Waals surface area contributed by atoms with Gasteiger partial charge in [-0.05, 0) is 76.3 Å². The van der Waals surface area contributed by atoms with Gasteiger partial charge < -0.3 is 10.1 Å². The van der Waals surface area contributed by atoms with Crippen molar-refractivity contribution in [3.8, 4) is 29.3 Å². The zero-order valence-electron chi connectivity index (χ0n) is 25.1. The minimum Gasteiger partial charge on any atom is -0.472 e. The molecular weight excluding hydrogens is 591 g/mol. The maximum absolute atomic E-state index is 17.0. The van der Waals surface area contributed by atoms with E-state index >= 15 is 4.39 Å². The topological polar surface area (TPSA) is 116 Å². The second kappa shape index (κ2) is 11.9. The maximum atomic E-state index is 17.0. The van der Waals surface area contributed by atoms with Gasteiger partial charge in [-0.2, -0.15) is 15.6 Å². The smallest absolute Gasteiger partial charge is 0.225 e. The van der Waals surface area contributed by atoms with E-state index in [1.807, 2.05) is 17.7 Å². The molecule has 228 valence electrons. The van der Waals surface area contributed by atoms with E-state index in [-0.39, 0.29) is 46.0 Å². The summed E-state index contributed by atoms with van der Waals surface area (Å²) in [4.78, 5) is 11.6. The van der Waals surface area contributed by atoms with Gasteiger partial charge >= 0.3 is 0 Å². The zero-order chi connectivity index (χ0) is 31.2.